The first kappa shape index (κ1) is 27.4. The quantitative estimate of drug-likeness (QED) is 0.301. The number of amidine groups is 1. The van der Waals surface area contributed by atoms with Crippen molar-refractivity contribution in [3.05, 3.63) is 53.1 Å². The van der Waals surface area contributed by atoms with E-state index in [0.29, 0.717) is 22.0 Å². The van der Waals surface area contributed by atoms with Crippen LogP contribution in [0.25, 0.3) is 0 Å². The van der Waals surface area contributed by atoms with Crippen molar-refractivity contribution in [3.8, 4) is 5.75 Å². The molecule has 3 N–H and O–H groups in total. The lowest BCUT2D eigenvalue weighted by molar-refractivity contribution is -0.153. The van der Waals surface area contributed by atoms with Crippen molar-refractivity contribution in [2.45, 2.75) is 31.2 Å². The van der Waals surface area contributed by atoms with Gasteiger partial charge in [0.25, 0.3) is 5.91 Å². The Morgan fingerprint density at radius 1 is 1.26 bits per heavy atom. The average Bonchev–Trinajstić information content (AvgIpc) is 2.74. The van der Waals surface area contributed by atoms with Crippen molar-refractivity contribution in [1.29, 1.82) is 0 Å². The number of amides is 1. The van der Waals surface area contributed by atoms with Crippen LogP contribution >= 0.6 is 11.8 Å². The third-order valence-corrected chi connectivity index (χ3v) is 5.71. The number of thioether (sulfide) groups is 1. The monoisotopic (exact) mass is 502 g/mol. The Morgan fingerprint density at radius 2 is 1.97 bits per heavy atom. The van der Waals surface area contributed by atoms with E-state index in [9.17, 15) is 22.4 Å². The van der Waals surface area contributed by atoms with Crippen molar-refractivity contribution >= 4 is 28.5 Å². The van der Waals surface area contributed by atoms with E-state index in [-0.39, 0.29) is 24.5 Å². The van der Waals surface area contributed by atoms with E-state index in [0.717, 1.165) is 6.20 Å². The molecule has 0 fully saturated rings. The number of halogens is 4. The summed E-state index contributed by atoms with van der Waals surface area (Å²) >= 11 is 1.26. The van der Waals surface area contributed by atoms with Gasteiger partial charge in [0.05, 0.1) is 12.8 Å². The first-order chi connectivity index (χ1) is 15.9. The minimum Gasteiger partial charge on any atom is -0.482 e. The molecule has 0 spiro atoms. The van der Waals surface area contributed by atoms with Gasteiger partial charge in [-0.1, -0.05) is 11.8 Å². The molecule has 0 aliphatic rings. The van der Waals surface area contributed by atoms with Crippen LogP contribution in [0.4, 0.5) is 23.2 Å². The molecule has 2 rings (SSSR count). The van der Waals surface area contributed by atoms with E-state index in [1.807, 2.05) is 6.92 Å². The van der Waals surface area contributed by atoms with Crippen molar-refractivity contribution < 1.29 is 31.8 Å². The van der Waals surface area contributed by atoms with E-state index in [4.69, 9.17) is 10.5 Å². The molecule has 2 aromatic rings. The number of pyridine rings is 1. The summed E-state index contributed by atoms with van der Waals surface area (Å²) in [6, 6.07) is 5.41. The molecule has 34 heavy (non-hydrogen) atoms. The number of nitrogens with one attached hydrogen (secondary N) is 1. The van der Waals surface area contributed by atoms with Crippen LogP contribution in [-0.2, 0) is 11.2 Å². The predicted octanol–water partition coefficient (Wildman–Crippen LogP) is 4.35. The third kappa shape index (κ3) is 8.17. The molecule has 0 bridgehead atoms. The standard InChI is InChI=1S/C22H26F4N4O3S/c1-13-7-16(33-12-22(24,25)26)10-29-18(13)19(31)30-15-5-6-17(23)14(8-15)9-21(2,11-32-4)34-20(27)28-3/h5-8,10H,9,11-12H2,1-4H3,(H2,27,28)(H,30,31)/t21-/m1/s1. The van der Waals surface area contributed by atoms with Gasteiger partial charge < -0.3 is 20.5 Å². The average molecular weight is 503 g/mol. The molecule has 0 saturated carbocycles. The highest BCUT2D eigenvalue weighted by molar-refractivity contribution is 8.15. The summed E-state index contributed by atoms with van der Waals surface area (Å²) in [5.41, 5.74) is 6.81. The van der Waals surface area contributed by atoms with Crippen LogP contribution in [0.3, 0.4) is 0 Å². The SMILES string of the molecule is C/N=C(/N)S[C@@](C)(COC)Cc1cc(NC(=O)c2ncc(OCC(F)(F)F)cc2C)ccc1F. The van der Waals surface area contributed by atoms with Gasteiger partial charge >= 0.3 is 6.18 Å². The van der Waals surface area contributed by atoms with Crippen molar-refractivity contribution in [1.82, 2.24) is 4.98 Å². The number of rotatable bonds is 9. The van der Waals surface area contributed by atoms with Gasteiger partial charge in [0.15, 0.2) is 11.8 Å². The Labute approximate surface area is 199 Å². The number of nitrogens with zero attached hydrogens (tertiary/aromatic N) is 2. The maximum absolute atomic E-state index is 14.6. The number of ether oxygens (including phenoxy) is 2. The lowest BCUT2D eigenvalue weighted by Crippen LogP contribution is -2.33. The summed E-state index contributed by atoms with van der Waals surface area (Å²) in [4.78, 5) is 20.5. The van der Waals surface area contributed by atoms with E-state index in [1.165, 1.54) is 50.1 Å². The van der Waals surface area contributed by atoms with Gasteiger partial charge in [0.1, 0.15) is 17.3 Å². The normalized spacial score (nSPS) is 13.9. The smallest absolute Gasteiger partial charge is 0.422 e. The molecule has 0 radical (unpaired) electrons. The summed E-state index contributed by atoms with van der Waals surface area (Å²) in [6.45, 7) is 2.19. The molecule has 1 aromatic carbocycles. The maximum Gasteiger partial charge on any atom is 0.422 e. The zero-order valence-corrected chi connectivity index (χ0v) is 19.9. The molecule has 0 unspecified atom stereocenters. The molecule has 186 valence electrons. The summed E-state index contributed by atoms with van der Waals surface area (Å²) in [5, 5.41) is 2.96. The first-order valence-corrected chi connectivity index (χ1v) is 10.8. The van der Waals surface area contributed by atoms with E-state index < -0.39 is 29.3 Å². The van der Waals surface area contributed by atoms with Gasteiger partial charge in [-0.15, -0.1) is 0 Å². The summed E-state index contributed by atoms with van der Waals surface area (Å²) < 4.78 is 60.8. The van der Waals surface area contributed by atoms with Gasteiger partial charge in [-0.3, -0.25) is 9.79 Å². The van der Waals surface area contributed by atoms with Crippen LogP contribution in [0.1, 0.15) is 28.5 Å². The Bertz CT molecular complexity index is 1050. The van der Waals surface area contributed by atoms with Crippen molar-refractivity contribution in [3.63, 3.8) is 0 Å². The number of carbonyl (C=O) groups excluding carboxylic acids is 1. The number of hydrogen-bond donors (Lipinski definition) is 2. The fourth-order valence-corrected chi connectivity index (χ4v) is 4.13. The summed E-state index contributed by atoms with van der Waals surface area (Å²) in [7, 11) is 3.08. The molecule has 1 aromatic heterocycles. The Balaban J connectivity index is 2.19. The number of benzene rings is 1. The van der Waals surface area contributed by atoms with Crippen molar-refractivity contribution in [2.24, 2.45) is 10.7 Å². The number of alkyl halides is 3. The van der Waals surface area contributed by atoms with Crippen molar-refractivity contribution in [2.75, 3.05) is 32.7 Å². The highest BCUT2D eigenvalue weighted by atomic mass is 32.2. The van der Waals surface area contributed by atoms with Crippen LogP contribution in [0.15, 0.2) is 35.5 Å². The number of anilines is 1. The van der Waals surface area contributed by atoms with Gasteiger partial charge in [-0.2, -0.15) is 13.2 Å². The van der Waals surface area contributed by atoms with Crippen LogP contribution in [0, 0.1) is 12.7 Å². The van der Waals surface area contributed by atoms with Crippen LogP contribution in [-0.4, -0.2) is 54.4 Å². The van der Waals surface area contributed by atoms with Crippen LogP contribution in [0.5, 0.6) is 5.75 Å². The number of hydrogen-bond acceptors (Lipinski definition) is 6. The molecule has 0 saturated heterocycles. The lowest BCUT2D eigenvalue weighted by Gasteiger charge is -2.28. The minimum absolute atomic E-state index is 0.00283. The largest absolute Gasteiger partial charge is 0.482 e. The zero-order chi connectivity index (χ0) is 25.5. The topological polar surface area (TPSA) is 98.8 Å². The molecule has 1 amide bonds. The molecule has 1 atom stereocenters. The van der Waals surface area contributed by atoms with Gasteiger partial charge in [0, 0.05) is 24.6 Å². The number of aromatic nitrogens is 1. The molecule has 12 heteroatoms. The minimum atomic E-state index is -4.49. The van der Waals surface area contributed by atoms with Gasteiger partial charge in [-0.05, 0) is 55.7 Å². The summed E-state index contributed by atoms with van der Waals surface area (Å²) in [6.07, 6.45) is -3.21. The Hall–Kier alpha value is -2.86. The fraction of sp³-hybridized carbons (Fsp3) is 0.409. The molecule has 1 heterocycles. The lowest BCUT2D eigenvalue weighted by atomic mass is 10.00. The third-order valence-electron chi connectivity index (χ3n) is 4.56. The van der Waals surface area contributed by atoms with E-state index in [1.54, 1.807) is 7.05 Å². The molecule has 0 aliphatic carbocycles. The molecular weight excluding hydrogens is 476 g/mol. The maximum atomic E-state index is 14.6. The second-order valence-corrected chi connectivity index (χ2v) is 9.33. The fourth-order valence-electron chi connectivity index (χ4n) is 3.13. The van der Waals surface area contributed by atoms with Crippen LogP contribution in [0.2, 0.25) is 0 Å². The highest BCUT2D eigenvalue weighted by Gasteiger charge is 2.30. The van der Waals surface area contributed by atoms with E-state index in [2.05, 4.69) is 20.0 Å². The Kier molecular flexibility index (Phi) is 9.28. The number of nitrogens with two attached hydrogens (primary N) is 1. The predicted molar refractivity (Wildman–Crippen MR) is 124 cm³/mol. The Morgan fingerprint density at radius 3 is 2.56 bits per heavy atom. The van der Waals surface area contributed by atoms with Gasteiger partial charge in [-0.25, -0.2) is 9.37 Å². The summed E-state index contributed by atoms with van der Waals surface area (Å²) in [5.74, 6) is -1.18. The molecule has 7 nitrogen and oxygen atoms in total. The second kappa shape index (κ2) is 11.5. The first-order valence-electron chi connectivity index (χ1n) is 10.0. The number of aryl methyl sites for hydroxylation is 1. The van der Waals surface area contributed by atoms with E-state index >= 15 is 0 Å². The molecular formula is C22H26F4N4O3S. The number of carbonyl (C=O) groups is 1. The zero-order valence-electron chi connectivity index (χ0n) is 19.1. The number of aliphatic imine (C=N–C) groups is 1. The number of methoxy groups -OCH3 is 1. The van der Waals surface area contributed by atoms with Crippen LogP contribution < -0.4 is 15.8 Å². The molecule has 0 aliphatic heterocycles. The van der Waals surface area contributed by atoms with Gasteiger partial charge in [0.2, 0.25) is 0 Å². The second-order valence-electron chi connectivity index (χ2n) is 7.72. The highest BCUT2D eigenvalue weighted by Crippen LogP contribution is 2.31.